The Labute approximate surface area is 85.5 Å². The van der Waals surface area contributed by atoms with Crippen molar-refractivity contribution in [3.05, 3.63) is 12.3 Å². The zero-order chi connectivity index (χ0) is 11.4. The summed E-state index contributed by atoms with van der Waals surface area (Å²) in [6.07, 6.45) is -0.497. The molecule has 0 bridgehead atoms. The normalized spacial score (nSPS) is 13.2. The predicted octanol–water partition coefficient (Wildman–Crippen LogP) is 1.62. The van der Waals surface area contributed by atoms with Crippen molar-refractivity contribution in [2.24, 2.45) is 11.1 Å². The second kappa shape index (κ2) is 5.00. The number of alkyl carbamates (subject to hydrolysis) is 1. The van der Waals surface area contributed by atoms with Crippen LogP contribution in [0.1, 0.15) is 27.7 Å². The molecule has 0 heterocycles. The molecule has 0 rings (SSSR count). The highest BCUT2D eigenvalue weighted by atomic mass is 16.6. The summed E-state index contributed by atoms with van der Waals surface area (Å²) < 4.78 is 4.78. The molecule has 0 aromatic heterocycles. The Morgan fingerprint density at radius 2 is 2.07 bits per heavy atom. The van der Waals surface area contributed by atoms with Gasteiger partial charge in [0.2, 0.25) is 0 Å². The number of hydrogen-bond acceptors (Lipinski definition) is 3. The number of carbonyl (C=O) groups is 1. The highest BCUT2D eigenvalue weighted by Crippen LogP contribution is 2.18. The van der Waals surface area contributed by atoms with E-state index in [9.17, 15) is 4.79 Å². The molecule has 0 aromatic rings. The lowest BCUT2D eigenvalue weighted by molar-refractivity contribution is 0.160. The molecule has 0 aliphatic carbocycles. The zero-order valence-corrected chi connectivity index (χ0v) is 9.39. The van der Waals surface area contributed by atoms with Gasteiger partial charge in [0.1, 0.15) is 0 Å². The minimum atomic E-state index is -0.497. The van der Waals surface area contributed by atoms with E-state index in [2.05, 4.69) is 11.9 Å². The minimum Gasteiger partial charge on any atom is -0.416 e. The van der Waals surface area contributed by atoms with Gasteiger partial charge in [-0.15, -0.1) is 0 Å². The van der Waals surface area contributed by atoms with Crippen LogP contribution < -0.4 is 11.1 Å². The predicted molar refractivity (Wildman–Crippen MR) is 56.7 cm³/mol. The molecule has 0 radical (unpaired) electrons. The fourth-order valence-electron chi connectivity index (χ4n) is 0.959. The number of hydrogen-bond donors (Lipinski definition) is 2. The number of allylic oxidation sites excluding steroid dienone is 1. The van der Waals surface area contributed by atoms with E-state index in [0.29, 0.717) is 12.3 Å². The highest BCUT2D eigenvalue weighted by molar-refractivity contribution is 5.68. The third-order valence-electron chi connectivity index (χ3n) is 1.84. The van der Waals surface area contributed by atoms with Gasteiger partial charge < -0.3 is 15.8 Å². The summed E-state index contributed by atoms with van der Waals surface area (Å²) in [6, 6.07) is -0.102. The third-order valence-corrected chi connectivity index (χ3v) is 1.84. The van der Waals surface area contributed by atoms with E-state index in [1.807, 2.05) is 20.8 Å². The molecule has 1 atom stereocenters. The quantitative estimate of drug-likeness (QED) is 0.680. The molecule has 0 unspecified atom stereocenters. The Balaban J connectivity index is 4.19. The summed E-state index contributed by atoms with van der Waals surface area (Å²) in [7, 11) is 0. The minimum absolute atomic E-state index is 0.0805. The molecule has 4 heteroatoms. The zero-order valence-electron chi connectivity index (χ0n) is 9.39. The van der Waals surface area contributed by atoms with Gasteiger partial charge >= 0.3 is 6.09 Å². The first-order chi connectivity index (χ1) is 6.27. The molecule has 1 amide bonds. The summed E-state index contributed by atoms with van der Waals surface area (Å²) in [6.45, 7) is 11.5. The molecule has 0 saturated heterocycles. The van der Waals surface area contributed by atoms with Gasteiger partial charge in [-0.1, -0.05) is 27.4 Å². The van der Waals surface area contributed by atoms with E-state index in [1.54, 1.807) is 6.92 Å². The van der Waals surface area contributed by atoms with Crippen LogP contribution in [0, 0.1) is 5.41 Å². The van der Waals surface area contributed by atoms with Gasteiger partial charge in [0.15, 0.2) is 0 Å². The van der Waals surface area contributed by atoms with Crippen LogP contribution >= 0.6 is 0 Å². The summed E-state index contributed by atoms with van der Waals surface area (Å²) in [4.78, 5) is 11.2. The van der Waals surface area contributed by atoms with Crippen molar-refractivity contribution < 1.29 is 9.53 Å². The third kappa shape index (κ3) is 4.87. The van der Waals surface area contributed by atoms with Gasteiger partial charge in [-0.05, 0) is 12.3 Å². The Hall–Kier alpha value is -1.03. The number of amides is 1. The average molecular weight is 200 g/mol. The standard InChI is InChI=1S/C10H20N2O2/c1-7(2)14-9(13)12-8(6-11)10(3,4)5/h8H,1,6,11H2,2-5H3,(H,12,13)/t8-/m1/s1. The van der Waals surface area contributed by atoms with Crippen LogP contribution in [0.25, 0.3) is 0 Å². The molecular weight excluding hydrogens is 180 g/mol. The average Bonchev–Trinajstić information content (AvgIpc) is 1.96. The van der Waals surface area contributed by atoms with E-state index in [4.69, 9.17) is 10.5 Å². The number of rotatable bonds is 3. The molecule has 0 aromatic carbocycles. The second-order valence-electron chi connectivity index (χ2n) is 4.39. The van der Waals surface area contributed by atoms with Crippen molar-refractivity contribution in [2.45, 2.75) is 33.7 Å². The Morgan fingerprint density at radius 1 is 1.57 bits per heavy atom. The topological polar surface area (TPSA) is 64.3 Å². The van der Waals surface area contributed by atoms with Crippen LogP contribution in [0.4, 0.5) is 4.79 Å². The van der Waals surface area contributed by atoms with Gasteiger partial charge in [0.05, 0.1) is 5.76 Å². The summed E-state index contributed by atoms with van der Waals surface area (Å²) in [5.41, 5.74) is 5.46. The van der Waals surface area contributed by atoms with E-state index >= 15 is 0 Å². The molecule has 0 aliphatic rings. The molecule has 82 valence electrons. The maximum Gasteiger partial charge on any atom is 0.412 e. The van der Waals surface area contributed by atoms with Crippen LogP contribution in [0.3, 0.4) is 0 Å². The van der Waals surface area contributed by atoms with Crippen molar-refractivity contribution in [3.8, 4) is 0 Å². The number of carbonyl (C=O) groups excluding carboxylic acids is 1. The largest absolute Gasteiger partial charge is 0.416 e. The number of ether oxygens (including phenoxy) is 1. The van der Waals surface area contributed by atoms with Gasteiger partial charge in [0, 0.05) is 12.6 Å². The van der Waals surface area contributed by atoms with Gasteiger partial charge in [-0.2, -0.15) is 0 Å². The lowest BCUT2D eigenvalue weighted by Gasteiger charge is -2.29. The number of nitrogens with one attached hydrogen (secondary N) is 1. The Bertz CT molecular complexity index is 219. The molecule has 0 fully saturated rings. The molecule has 4 nitrogen and oxygen atoms in total. The molecule has 0 saturated carbocycles. The van der Waals surface area contributed by atoms with Crippen molar-refractivity contribution in [2.75, 3.05) is 6.54 Å². The first-order valence-corrected chi connectivity index (χ1v) is 4.61. The van der Waals surface area contributed by atoms with Gasteiger partial charge in [-0.3, -0.25) is 0 Å². The van der Waals surface area contributed by atoms with E-state index in [1.165, 1.54) is 0 Å². The maximum atomic E-state index is 11.2. The van der Waals surface area contributed by atoms with Crippen LogP contribution in [-0.2, 0) is 4.74 Å². The molecular formula is C10H20N2O2. The van der Waals surface area contributed by atoms with Crippen molar-refractivity contribution in [1.29, 1.82) is 0 Å². The fraction of sp³-hybridized carbons (Fsp3) is 0.700. The fourth-order valence-corrected chi connectivity index (χ4v) is 0.959. The van der Waals surface area contributed by atoms with Crippen LogP contribution in [-0.4, -0.2) is 18.7 Å². The van der Waals surface area contributed by atoms with Crippen molar-refractivity contribution in [3.63, 3.8) is 0 Å². The molecule has 0 spiro atoms. The molecule has 14 heavy (non-hydrogen) atoms. The van der Waals surface area contributed by atoms with Gasteiger partial charge in [0.25, 0.3) is 0 Å². The van der Waals surface area contributed by atoms with E-state index in [-0.39, 0.29) is 11.5 Å². The van der Waals surface area contributed by atoms with Crippen LogP contribution in [0.15, 0.2) is 12.3 Å². The first kappa shape index (κ1) is 13.0. The molecule has 0 aliphatic heterocycles. The lowest BCUT2D eigenvalue weighted by atomic mass is 9.87. The first-order valence-electron chi connectivity index (χ1n) is 4.61. The Kier molecular flexibility index (Phi) is 4.63. The van der Waals surface area contributed by atoms with E-state index in [0.717, 1.165) is 0 Å². The summed E-state index contributed by atoms with van der Waals surface area (Å²) >= 11 is 0. The monoisotopic (exact) mass is 200 g/mol. The molecule has 3 N–H and O–H groups in total. The van der Waals surface area contributed by atoms with Crippen molar-refractivity contribution in [1.82, 2.24) is 5.32 Å². The second-order valence-corrected chi connectivity index (χ2v) is 4.39. The highest BCUT2D eigenvalue weighted by Gasteiger charge is 2.25. The number of nitrogens with two attached hydrogens (primary N) is 1. The SMILES string of the molecule is C=C(C)OC(=O)N[C@H](CN)C(C)(C)C. The summed E-state index contributed by atoms with van der Waals surface area (Å²) in [5.74, 6) is 0.368. The van der Waals surface area contributed by atoms with Gasteiger partial charge in [-0.25, -0.2) is 4.79 Å². The Morgan fingerprint density at radius 3 is 2.36 bits per heavy atom. The van der Waals surface area contributed by atoms with Crippen molar-refractivity contribution >= 4 is 6.09 Å². The van der Waals surface area contributed by atoms with Crippen LogP contribution in [0.2, 0.25) is 0 Å². The maximum absolute atomic E-state index is 11.2. The van der Waals surface area contributed by atoms with Crippen LogP contribution in [0.5, 0.6) is 0 Å². The lowest BCUT2D eigenvalue weighted by Crippen LogP contribution is -2.48. The summed E-state index contributed by atoms with van der Waals surface area (Å²) in [5, 5.41) is 2.69. The smallest absolute Gasteiger partial charge is 0.412 e. The van der Waals surface area contributed by atoms with E-state index < -0.39 is 6.09 Å².